The van der Waals surface area contributed by atoms with Crippen LogP contribution in [0.5, 0.6) is 0 Å². The van der Waals surface area contributed by atoms with Crippen molar-refractivity contribution in [2.75, 3.05) is 0 Å². The summed E-state index contributed by atoms with van der Waals surface area (Å²) < 4.78 is 0. The number of aryl methyl sites for hydroxylation is 1. The molecule has 0 fully saturated rings. The zero-order chi connectivity index (χ0) is 11.6. The Kier molecular flexibility index (Phi) is 11.8. The molecule has 0 aromatic heterocycles. The molecule has 0 amide bonds. The van der Waals surface area contributed by atoms with Gasteiger partial charge >= 0.3 is 29.6 Å². The maximum absolute atomic E-state index is 5.07. The van der Waals surface area contributed by atoms with Crippen LogP contribution < -0.4 is 29.6 Å². The molecule has 0 saturated heterocycles. The Hall–Kier alpha value is 0.440. The Morgan fingerprint density at radius 2 is 1.35 bits per heavy atom. The topological polar surface area (TPSA) is 0 Å². The SMILES string of the molecule is CCCCCCCCCc1ccc([S-])cc1.[Na+]. The Bertz CT molecular complexity index is 269. The van der Waals surface area contributed by atoms with Gasteiger partial charge in [-0.3, -0.25) is 0 Å². The van der Waals surface area contributed by atoms with Crippen LogP contribution in [0.25, 0.3) is 0 Å². The van der Waals surface area contributed by atoms with Crippen LogP contribution in [-0.4, -0.2) is 0 Å². The molecule has 0 heterocycles. The maximum atomic E-state index is 5.07. The van der Waals surface area contributed by atoms with Crippen LogP contribution in [0.2, 0.25) is 0 Å². The molecule has 1 aromatic carbocycles. The third kappa shape index (κ3) is 9.07. The molecule has 0 unspecified atom stereocenters. The summed E-state index contributed by atoms with van der Waals surface area (Å²) >= 11 is 5.07. The standard InChI is InChI=1S/C15H24S.Na/c1-2-3-4-5-6-7-8-9-14-10-12-15(16)13-11-14;/h10-13,16H,2-9H2,1H3;/q;+1/p-1. The van der Waals surface area contributed by atoms with E-state index in [1.165, 1.54) is 56.9 Å². The summed E-state index contributed by atoms with van der Waals surface area (Å²) in [4.78, 5) is 0.948. The van der Waals surface area contributed by atoms with Crippen molar-refractivity contribution in [2.24, 2.45) is 0 Å². The first-order valence-electron chi connectivity index (χ1n) is 6.59. The van der Waals surface area contributed by atoms with E-state index in [2.05, 4.69) is 19.1 Å². The Labute approximate surface area is 134 Å². The van der Waals surface area contributed by atoms with Crippen molar-refractivity contribution >= 4 is 12.6 Å². The minimum absolute atomic E-state index is 0. The van der Waals surface area contributed by atoms with E-state index in [9.17, 15) is 0 Å². The predicted molar refractivity (Wildman–Crippen MR) is 73.8 cm³/mol. The third-order valence-electron chi connectivity index (χ3n) is 2.99. The van der Waals surface area contributed by atoms with Gasteiger partial charge in [-0.05, 0) is 18.4 Å². The van der Waals surface area contributed by atoms with Gasteiger partial charge in [0.2, 0.25) is 0 Å². The average Bonchev–Trinajstić information content (AvgIpc) is 2.30. The Morgan fingerprint density at radius 1 is 0.824 bits per heavy atom. The van der Waals surface area contributed by atoms with Crippen molar-refractivity contribution in [3.05, 3.63) is 29.8 Å². The van der Waals surface area contributed by atoms with E-state index in [0.717, 1.165) is 4.90 Å². The molecular weight excluding hydrogens is 235 g/mol. The summed E-state index contributed by atoms with van der Waals surface area (Å²) in [7, 11) is 0. The zero-order valence-electron chi connectivity index (χ0n) is 11.4. The fourth-order valence-corrected chi connectivity index (χ4v) is 2.08. The first kappa shape index (κ1) is 17.4. The van der Waals surface area contributed by atoms with Crippen LogP contribution in [0.15, 0.2) is 29.2 Å². The summed E-state index contributed by atoms with van der Waals surface area (Å²) in [6.45, 7) is 2.27. The number of unbranched alkanes of at least 4 members (excludes halogenated alkanes) is 6. The Balaban J connectivity index is 0.00000256. The molecule has 2 heteroatoms. The fraction of sp³-hybridized carbons (Fsp3) is 0.600. The van der Waals surface area contributed by atoms with E-state index < -0.39 is 0 Å². The number of hydrogen-bond acceptors (Lipinski definition) is 1. The molecule has 0 aliphatic heterocycles. The zero-order valence-corrected chi connectivity index (χ0v) is 14.2. The Morgan fingerprint density at radius 3 is 1.94 bits per heavy atom. The molecule has 0 radical (unpaired) electrons. The monoisotopic (exact) mass is 258 g/mol. The molecule has 0 saturated carbocycles. The van der Waals surface area contributed by atoms with Crippen LogP contribution >= 0.6 is 0 Å². The minimum atomic E-state index is 0. The molecule has 1 aromatic rings. The quantitative estimate of drug-likeness (QED) is 0.390. The fourth-order valence-electron chi connectivity index (χ4n) is 1.94. The molecule has 0 aliphatic carbocycles. The average molecular weight is 258 g/mol. The van der Waals surface area contributed by atoms with Gasteiger partial charge in [0.05, 0.1) is 0 Å². The molecule has 17 heavy (non-hydrogen) atoms. The van der Waals surface area contributed by atoms with Crippen LogP contribution in [0.1, 0.15) is 57.4 Å². The summed E-state index contributed by atoms with van der Waals surface area (Å²) in [6.07, 6.45) is 10.9. The van der Waals surface area contributed by atoms with Gasteiger partial charge in [-0.1, -0.05) is 69.7 Å². The molecular formula is C15H23NaS. The molecule has 0 bridgehead atoms. The van der Waals surface area contributed by atoms with E-state index in [-0.39, 0.29) is 29.6 Å². The molecule has 0 aliphatic rings. The van der Waals surface area contributed by atoms with Crippen molar-refractivity contribution in [2.45, 2.75) is 63.2 Å². The van der Waals surface area contributed by atoms with Crippen molar-refractivity contribution in [1.82, 2.24) is 0 Å². The third-order valence-corrected chi connectivity index (χ3v) is 3.26. The molecule has 90 valence electrons. The van der Waals surface area contributed by atoms with Gasteiger partial charge in [0, 0.05) is 0 Å². The van der Waals surface area contributed by atoms with Gasteiger partial charge in [-0.15, -0.1) is 0 Å². The van der Waals surface area contributed by atoms with Crippen molar-refractivity contribution in [3.8, 4) is 0 Å². The second-order valence-electron chi connectivity index (χ2n) is 4.52. The number of benzene rings is 1. The van der Waals surface area contributed by atoms with E-state index in [4.69, 9.17) is 12.6 Å². The minimum Gasteiger partial charge on any atom is -0.780 e. The van der Waals surface area contributed by atoms with E-state index in [1.54, 1.807) is 0 Å². The molecule has 0 N–H and O–H groups in total. The van der Waals surface area contributed by atoms with E-state index in [0.29, 0.717) is 0 Å². The maximum Gasteiger partial charge on any atom is 1.00 e. The second kappa shape index (κ2) is 11.5. The molecule has 0 atom stereocenters. The first-order chi connectivity index (χ1) is 7.83. The van der Waals surface area contributed by atoms with E-state index >= 15 is 0 Å². The largest absolute Gasteiger partial charge is 1.00 e. The predicted octanol–water partition coefficient (Wildman–Crippen LogP) is 1.89. The number of rotatable bonds is 8. The molecule has 1 rings (SSSR count). The van der Waals surface area contributed by atoms with Gasteiger partial charge in [0.15, 0.2) is 0 Å². The van der Waals surface area contributed by atoms with Crippen LogP contribution in [0.3, 0.4) is 0 Å². The number of hydrogen-bond donors (Lipinski definition) is 0. The van der Waals surface area contributed by atoms with Gasteiger partial charge in [-0.25, -0.2) is 0 Å². The summed E-state index contributed by atoms with van der Waals surface area (Å²) in [5.41, 5.74) is 1.43. The first-order valence-corrected chi connectivity index (χ1v) is 6.99. The van der Waals surface area contributed by atoms with Gasteiger partial charge < -0.3 is 12.6 Å². The summed E-state index contributed by atoms with van der Waals surface area (Å²) in [6, 6.07) is 8.40. The normalized spacial score (nSPS) is 9.94. The van der Waals surface area contributed by atoms with Gasteiger partial charge in [0.25, 0.3) is 0 Å². The summed E-state index contributed by atoms with van der Waals surface area (Å²) in [5, 5.41) is 0. The van der Waals surface area contributed by atoms with Crippen LogP contribution in [-0.2, 0) is 19.0 Å². The van der Waals surface area contributed by atoms with Crippen LogP contribution in [0, 0.1) is 0 Å². The molecule has 0 spiro atoms. The second-order valence-corrected chi connectivity index (χ2v) is 4.99. The summed E-state index contributed by atoms with van der Waals surface area (Å²) in [5.74, 6) is 0. The molecule has 0 nitrogen and oxygen atoms in total. The van der Waals surface area contributed by atoms with E-state index in [1.807, 2.05) is 12.1 Å². The smallest absolute Gasteiger partial charge is 0.780 e. The van der Waals surface area contributed by atoms with Crippen molar-refractivity contribution in [1.29, 1.82) is 0 Å². The van der Waals surface area contributed by atoms with Crippen molar-refractivity contribution in [3.63, 3.8) is 0 Å². The van der Waals surface area contributed by atoms with Crippen LogP contribution in [0.4, 0.5) is 0 Å². The van der Waals surface area contributed by atoms with Gasteiger partial charge in [0.1, 0.15) is 0 Å². The van der Waals surface area contributed by atoms with Gasteiger partial charge in [-0.2, -0.15) is 4.90 Å². The van der Waals surface area contributed by atoms with Crippen molar-refractivity contribution < 1.29 is 29.6 Å².